The first-order valence-electron chi connectivity index (χ1n) is 56.2. The number of carboxylic acids is 1. The molecule has 0 spiro atoms. The zero-order valence-corrected chi connectivity index (χ0v) is 88.4. The normalized spacial score (nSPS) is 12.5. The highest BCUT2D eigenvalue weighted by atomic mass is 16.7. The standard InChI is InChI=1S/C56H108N2O7.C38H76N2O6.C18H34O2/c1-7-13-17-21-23-24-25-26-27-28-29-30-31-33-37-43-54(59)62-49-47-58(46-45-57(11-5)12-6)48-50-63-56(61)65-53(41-36-20-16-10-4)42-38-44-55(60)64-51-52(39-34-19-15-9-3)40-35-32-22-18-14-8-2;1-6-11-14-17-18-20-24-35(23-19-15-12-7-2)34-45-37(42)27-22-26-36(25-21-16-13-8-3)46-38(43)44-33-31-40(30-32-41)29-28-39(9-4)10-5;1-2-3-4-5-6-7-8-9-10-11-12-13-14-15-16-17-18(19)20/h26-27,52-53H,7-25,28-51H2,1-6H3;35-36,41H,6-34H2,1-5H3;9-10H,2-8,11-17H2,1H3,(H,19,20)/b27-26-;;10-9-. The van der Waals surface area contributed by atoms with Gasteiger partial charge in [0.15, 0.2) is 0 Å². The van der Waals surface area contributed by atoms with Crippen LogP contribution in [0, 0.1) is 11.8 Å². The topological polar surface area (TPSA) is 220 Å². The van der Waals surface area contributed by atoms with E-state index in [9.17, 15) is 33.9 Å². The molecular weight excluding hydrogens is 1640 g/mol. The van der Waals surface area contributed by atoms with Crippen molar-refractivity contribution < 1.29 is 72.1 Å². The van der Waals surface area contributed by atoms with Gasteiger partial charge in [-0.2, -0.15) is 0 Å². The summed E-state index contributed by atoms with van der Waals surface area (Å²) in [5.41, 5.74) is 0. The van der Waals surface area contributed by atoms with Crippen molar-refractivity contribution in [2.45, 2.75) is 532 Å². The number of nitrogens with zero attached hydrogens (tertiary/aromatic N) is 4. The highest BCUT2D eigenvalue weighted by Gasteiger charge is 2.22. The number of ether oxygens (including phenoxy) is 7. The van der Waals surface area contributed by atoms with E-state index in [4.69, 9.17) is 38.3 Å². The van der Waals surface area contributed by atoms with Crippen LogP contribution in [0.5, 0.6) is 0 Å². The van der Waals surface area contributed by atoms with E-state index in [0.29, 0.717) is 109 Å². The number of aliphatic carboxylic acids is 1. The van der Waals surface area contributed by atoms with Crippen LogP contribution in [0.15, 0.2) is 24.3 Å². The molecule has 0 aromatic heterocycles. The van der Waals surface area contributed by atoms with E-state index in [1.165, 1.54) is 257 Å². The molecule has 131 heavy (non-hydrogen) atoms. The maximum Gasteiger partial charge on any atom is 0.508 e. The first-order valence-corrected chi connectivity index (χ1v) is 56.2. The van der Waals surface area contributed by atoms with Gasteiger partial charge < -0.3 is 53.2 Å². The molecule has 4 atom stereocenters. The Balaban J connectivity index is -0.00000214. The van der Waals surface area contributed by atoms with E-state index < -0.39 is 18.3 Å². The van der Waals surface area contributed by atoms with E-state index in [2.05, 4.69) is 127 Å². The van der Waals surface area contributed by atoms with Gasteiger partial charge in [0.2, 0.25) is 0 Å². The minimum atomic E-state index is -0.664. The first kappa shape index (κ1) is 131. The summed E-state index contributed by atoms with van der Waals surface area (Å²) in [5.74, 6) is -0.166. The predicted molar refractivity (Wildman–Crippen MR) is 553 cm³/mol. The van der Waals surface area contributed by atoms with Crippen molar-refractivity contribution in [2.75, 3.05) is 118 Å². The minimum absolute atomic E-state index is 0.0731. The number of unbranched alkanes of at least 4 members (excludes halogenated alkanes) is 44. The molecule has 0 aromatic rings. The smallest absolute Gasteiger partial charge is 0.481 e. The largest absolute Gasteiger partial charge is 0.508 e. The van der Waals surface area contributed by atoms with Gasteiger partial charge in [-0.05, 0) is 179 Å². The van der Waals surface area contributed by atoms with Crippen molar-refractivity contribution in [2.24, 2.45) is 11.8 Å². The molecule has 19 heteroatoms. The number of hydrogen-bond acceptors (Lipinski definition) is 18. The summed E-state index contributed by atoms with van der Waals surface area (Å²) >= 11 is 0. The first-order chi connectivity index (χ1) is 64.0. The molecule has 776 valence electrons. The second-order valence-corrected chi connectivity index (χ2v) is 37.8. The van der Waals surface area contributed by atoms with Gasteiger partial charge in [-0.25, -0.2) is 9.59 Å². The maximum atomic E-state index is 13.0. The van der Waals surface area contributed by atoms with Crippen LogP contribution in [-0.4, -0.2) is 196 Å². The number of hydrogen-bond donors (Lipinski definition) is 2. The Morgan fingerprint density at radius 2 is 0.481 bits per heavy atom. The monoisotopic (exact) mass is 1860 g/mol. The quantitative estimate of drug-likeness (QED) is 0.0250. The average Bonchev–Trinajstić information content (AvgIpc) is 0.948. The third-order valence-corrected chi connectivity index (χ3v) is 25.8. The average molecular weight is 1860 g/mol. The summed E-state index contributed by atoms with van der Waals surface area (Å²) in [6, 6.07) is 0. The van der Waals surface area contributed by atoms with Crippen LogP contribution < -0.4 is 0 Å². The highest BCUT2D eigenvalue weighted by Crippen LogP contribution is 2.25. The molecule has 0 amide bonds. The number of carbonyl (C=O) groups is 6. The number of likely N-dealkylation sites (N-methyl/N-ethyl adjacent to an activating group) is 2. The van der Waals surface area contributed by atoms with Crippen molar-refractivity contribution in [3.05, 3.63) is 24.3 Å². The second kappa shape index (κ2) is 108. The number of carboxylic acid groups (broad SMARTS) is 1. The summed E-state index contributed by atoms with van der Waals surface area (Å²) < 4.78 is 40.0. The Bertz CT molecular complexity index is 2450. The fourth-order valence-corrected chi connectivity index (χ4v) is 16.8. The molecule has 0 fully saturated rings. The van der Waals surface area contributed by atoms with Crippen LogP contribution >= 0.6 is 0 Å². The minimum Gasteiger partial charge on any atom is -0.481 e. The third kappa shape index (κ3) is 100.0. The molecule has 0 saturated carbocycles. The molecule has 0 bridgehead atoms. The van der Waals surface area contributed by atoms with Gasteiger partial charge in [-0.3, -0.25) is 29.0 Å². The number of aliphatic hydroxyl groups excluding tert-OH is 1. The lowest BCUT2D eigenvalue weighted by atomic mass is 9.95. The molecule has 0 radical (unpaired) electrons. The van der Waals surface area contributed by atoms with Crippen LogP contribution in [0.2, 0.25) is 0 Å². The molecule has 4 unspecified atom stereocenters. The van der Waals surface area contributed by atoms with Gasteiger partial charge >= 0.3 is 36.2 Å². The summed E-state index contributed by atoms with van der Waals surface area (Å²) in [6.07, 6.45) is 84.1. The molecule has 0 aliphatic rings. The third-order valence-electron chi connectivity index (χ3n) is 25.8. The van der Waals surface area contributed by atoms with Gasteiger partial charge in [-0.15, -0.1) is 0 Å². The fraction of sp³-hybridized carbons (Fsp3) is 0.911. The van der Waals surface area contributed by atoms with Crippen LogP contribution in [-0.2, 0) is 52.3 Å². The summed E-state index contributed by atoms with van der Waals surface area (Å²) in [6.45, 7) is 37.9. The Labute approximate surface area is 809 Å². The van der Waals surface area contributed by atoms with Crippen LogP contribution in [0.25, 0.3) is 0 Å². The van der Waals surface area contributed by atoms with Crippen LogP contribution in [0.3, 0.4) is 0 Å². The van der Waals surface area contributed by atoms with Crippen molar-refractivity contribution in [3.8, 4) is 0 Å². The van der Waals surface area contributed by atoms with E-state index in [1.807, 2.05) is 0 Å². The zero-order chi connectivity index (χ0) is 96.7. The van der Waals surface area contributed by atoms with E-state index in [0.717, 1.165) is 181 Å². The van der Waals surface area contributed by atoms with Gasteiger partial charge in [-0.1, -0.05) is 377 Å². The predicted octanol–water partition coefficient (Wildman–Crippen LogP) is 31.0. The molecule has 0 rings (SSSR count). The lowest BCUT2D eigenvalue weighted by Crippen LogP contribution is -2.39. The number of allylic oxidation sites excluding steroid dienone is 4. The zero-order valence-electron chi connectivity index (χ0n) is 88.4. The molecule has 2 N–H and O–H groups in total. The van der Waals surface area contributed by atoms with Crippen molar-refractivity contribution in [1.82, 2.24) is 19.6 Å². The van der Waals surface area contributed by atoms with E-state index in [1.54, 1.807) is 0 Å². The lowest BCUT2D eigenvalue weighted by molar-refractivity contribution is -0.146. The fourth-order valence-electron chi connectivity index (χ4n) is 16.8. The number of rotatable bonds is 99. The van der Waals surface area contributed by atoms with Crippen molar-refractivity contribution in [3.63, 3.8) is 0 Å². The number of aliphatic hydroxyl groups is 1. The van der Waals surface area contributed by atoms with Crippen LogP contribution in [0.1, 0.15) is 520 Å². The molecule has 0 aliphatic heterocycles. The Kier molecular flexibility index (Phi) is 108. The Morgan fingerprint density at radius 3 is 0.786 bits per heavy atom. The summed E-state index contributed by atoms with van der Waals surface area (Å²) in [7, 11) is 0. The Hall–Kier alpha value is -4.30. The molecular formula is C112H218N4O15. The molecule has 0 saturated heterocycles. The molecule has 0 aliphatic carbocycles. The number of esters is 3. The van der Waals surface area contributed by atoms with E-state index in [-0.39, 0.29) is 49.9 Å². The van der Waals surface area contributed by atoms with Crippen molar-refractivity contribution >= 4 is 36.2 Å². The highest BCUT2D eigenvalue weighted by molar-refractivity contribution is 5.70. The molecule has 19 nitrogen and oxygen atoms in total. The summed E-state index contributed by atoms with van der Waals surface area (Å²) in [4.78, 5) is 83.1. The van der Waals surface area contributed by atoms with Gasteiger partial charge in [0.25, 0.3) is 0 Å². The summed E-state index contributed by atoms with van der Waals surface area (Å²) in [5, 5.41) is 18.0. The second-order valence-electron chi connectivity index (χ2n) is 37.8. The van der Waals surface area contributed by atoms with Gasteiger partial charge in [0.05, 0.1) is 19.8 Å². The van der Waals surface area contributed by atoms with Crippen LogP contribution in [0.4, 0.5) is 9.59 Å². The van der Waals surface area contributed by atoms with Gasteiger partial charge in [0, 0.05) is 78.0 Å². The lowest BCUT2D eigenvalue weighted by Gasteiger charge is -2.26. The molecule has 0 heterocycles. The maximum absolute atomic E-state index is 13.0. The number of carbonyl (C=O) groups excluding carboxylic acids is 5. The van der Waals surface area contributed by atoms with Gasteiger partial charge in [0.1, 0.15) is 32.0 Å². The molecule has 0 aromatic carbocycles. The van der Waals surface area contributed by atoms with Crippen molar-refractivity contribution in [1.29, 1.82) is 0 Å². The SMILES string of the molecule is CCCCCCCC/C=C\CCCCCCCC(=O)O.CCCCCCCC/C=C\CCCCCCCC(=O)OCCN(CCOC(=O)OC(CCCCCC)CCCC(=O)OCC(CCCCCC)CCCCCCCC)CCN(CC)CC.CCCCCCCCC(CCCCCC)COC(=O)CCCC(CCCCCC)OC(=O)OCCN(CCO)CCN(CC)CC. The van der Waals surface area contributed by atoms with E-state index >= 15 is 0 Å². The Morgan fingerprint density at radius 1 is 0.244 bits per heavy atom.